The largest absolute Gasteiger partial charge is 0.464 e. The van der Waals surface area contributed by atoms with Crippen molar-refractivity contribution in [2.45, 2.75) is 12.5 Å². The molecule has 0 spiro atoms. The van der Waals surface area contributed by atoms with E-state index in [0.717, 1.165) is 29.9 Å². The van der Waals surface area contributed by atoms with Crippen LogP contribution in [0.1, 0.15) is 6.42 Å². The monoisotopic (exact) mass is 217 g/mol. The number of fused-ring (bicyclic) bond motifs is 1. The Labute approximate surface area is 94.3 Å². The van der Waals surface area contributed by atoms with E-state index in [9.17, 15) is 0 Å². The Morgan fingerprint density at radius 3 is 3.25 bits per heavy atom. The fraction of sp³-hybridized carbons (Fsp3) is 0.417. The molecule has 0 aliphatic carbocycles. The minimum atomic E-state index is 0.498. The number of pyridine rings is 1. The van der Waals surface area contributed by atoms with Gasteiger partial charge in [0.1, 0.15) is 11.4 Å². The summed E-state index contributed by atoms with van der Waals surface area (Å²) in [6, 6.07) is 4.35. The highest BCUT2D eigenvalue weighted by Gasteiger charge is 2.20. The van der Waals surface area contributed by atoms with Crippen molar-refractivity contribution < 1.29 is 4.42 Å². The van der Waals surface area contributed by atoms with Crippen LogP contribution in [-0.2, 0) is 0 Å². The third-order valence-electron chi connectivity index (χ3n) is 3.11. The number of nitrogens with one attached hydrogen (secondary N) is 1. The van der Waals surface area contributed by atoms with Crippen molar-refractivity contribution >= 4 is 16.8 Å². The lowest BCUT2D eigenvalue weighted by Crippen LogP contribution is -2.23. The highest BCUT2D eigenvalue weighted by molar-refractivity contribution is 5.87. The average molecular weight is 217 g/mol. The normalized spacial score (nSPS) is 21.7. The molecule has 0 aromatic carbocycles. The molecular formula is C12H15N3O. The molecule has 2 aromatic rings. The van der Waals surface area contributed by atoms with Crippen molar-refractivity contribution in [2.24, 2.45) is 0 Å². The molecule has 1 aliphatic rings. The molecule has 1 atom stereocenters. The van der Waals surface area contributed by atoms with Crippen molar-refractivity contribution in [1.82, 2.24) is 9.88 Å². The van der Waals surface area contributed by atoms with Gasteiger partial charge in [0.2, 0.25) is 0 Å². The number of rotatable bonds is 2. The molecule has 3 heterocycles. The van der Waals surface area contributed by atoms with Crippen LogP contribution in [0.15, 0.2) is 29.0 Å². The Morgan fingerprint density at radius 1 is 1.50 bits per heavy atom. The van der Waals surface area contributed by atoms with Gasteiger partial charge < -0.3 is 14.6 Å². The number of likely N-dealkylation sites (tertiary alicyclic amines) is 1. The Kier molecular flexibility index (Phi) is 2.29. The second-order valence-electron chi connectivity index (χ2n) is 4.38. The van der Waals surface area contributed by atoms with Gasteiger partial charge in [-0.25, -0.2) is 4.98 Å². The van der Waals surface area contributed by atoms with Gasteiger partial charge in [0.25, 0.3) is 0 Å². The molecule has 1 saturated heterocycles. The van der Waals surface area contributed by atoms with Crippen LogP contribution in [0.25, 0.3) is 11.0 Å². The fourth-order valence-electron chi connectivity index (χ4n) is 2.26. The smallest absolute Gasteiger partial charge is 0.139 e. The summed E-state index contributed by atoms with van der Waals surface area (Å²) in [5.41, 5.74) is 0.892. The number of likely N-dealkylation sites (N-methyl/N-ethyl adjacent to an activating group) is 1. The minimum Gasteiger partial charge on any atom is -0.464 e. The molecule has 4 heteroatoms. The lowest BCUT2D eigenvalue weighted by atomic mass is 10.2. The van der Waals surface area contributed by atoms with Crippen LogP contribution in [0.3, 0.4) is 0 Å². The second-order valence-corrected chi connectivity index (χ2v) is 4.38. The molecule has 2 aromatic heterocycles. The third kappa shape index (κ3) is 1.65. The van der Waals surface area contributed by atoms with Gasteiger partial charge in [-0.3, -0.25) is 0 Å². The van der Waals surface area contributed by atoms with Crippen LogP contribution in [-0.4, -0.2) is 36.1 Å². The molecule has 0 saturated carbocycles. The molecule has 84 valence electrons. The Bertz CT molecular complexity index is 494. The van der Waals surface area contributed by atoms with Crippen LogP contribution in [0, 0.1) is 0 Å². The fourth-order valence-corrected chi connectivity index (χ4v) is 2.26. The van der Waals surface area contributed by atoms with E-state index >= 15 is 0 Å². The average Bonchev–Trinajstić information content (AvgIpc) is 2.87. The summed E-state index contributed by atoms with van der Waals surface area (Å²) < 4.78 is 5.35. The quantitative estimate of drug-likeness (QED) is 0.834. The summed E-state index contributed by atoms with van der Waals surface area (Å²) in [5, 5.41) is 4.55. The van der Waals surface area contributed by atoms with Gasteiger partial charge in [-0.2, -0.15) is 0 Å². The van der Waals surface area contributed by atoms with E-state index in [1.54, 1.807) is 12.5 Å². The van der Waals surface area contributed by atoms with Crippen molar-refractivity contribution in [1.29, 1.82) is 0 Å². The maximum Gasteiger partial charge on any atom is 0.139 e. The van der Waals surface area contributed by atoms with Crippen molar-refractivity contribution in [3.05, 3.63) is 24.6 Å². The lowest BCUT2D eigenvalue weighted by molar-refractivity contribution is 0.414. The minimum absolute atomic E-state index is 0.498. The molecule has 1 aliphatic heterocycles. The number of hydrogen-bond acceptors (Lipinski definition) is 4. The maximum atomic E-state index is 5.35. The van der Waals surface area contributed by atoms with E-state index in [4.69, 9.17) is 4.42 Å². The number of nitrogens with zero attached hydrogens (tertiary/aromatic N) is 2. The van der Waals surface area contributed by atoms with Gasteiger partial charge >= 0.3 is 0 Å². The van der Waals surface area contributed by atoms with Crippen LogP contribution < -0.4 is 5.32 Å². The number of anilines is 1. The molecule has 4 nitrogen and oxygen atoms in total. The highest BCUT2D eigenvalue weighted by Crippen LogP contribution is 2.23. The van der Waals surface area contributed by atoms with Gasteiger partial charge in [0.15, 0.2) is 0 Å². The molecule has 0 amide bonds. The molecule has 1 fully saturated rings. The van der Waals surface area contributed by atoms with Crippen LogP contribution >= 0.6 is 0 Å². The Morgan fingerprint density at radius 2 is 2.44 bits per heavy atom. The van der Waals surface area contributed by atoms with Gasteiger partial charge in [-0.1, -0.05) is 0 Å². The van der Waals surface area contributed by atoms with Gasteiger partial charge in [0.05, 0.1) is 11.6 Å². The highest BCUT2D eigenvalue weighted by atomic mass is 16.3. The van der Waals surface area contributed by atoms with Crippen LogP contribution in [0.5, 0.6) is 0 Å². The third-order valence-corrected chi connectivity index (χ3v) is 3.11. The summed E-state index contributed by atoms with van der Waals surface area (Å²) in [6.07, 6.45) is 4.66. The zero-order valence-electron chi connectivity index (χ0n) is 9.31. The SMILES string of the molecule is CN1CCC(Nc2nccc3occc23)C1. The van der Waals surface area contributed by atoms with E-state index in [2.05, 4.69) is 22.2 Å². The summed E-state index contributed by atoms with van der Waals surface area (Å²) in [4.78, 5) is 6.70. The first-order valence-electron chi connectivity index (χ1n) is 5.60. The topological polar surface area (TPSA) is 41.3 Å². The van der Waals surface area contributed by atoms with Gasteiger partial charge in [0, 0.05) is 18.8 Å². The summed E-state index contributed by atoms with van der Waals surface area (Å²) in [6.45, 7) is 2.23. The molecule has 1 unspecified atom stereocenters. The number of hydrogen-bond donors (Lipinski definition) is 1. The zero-order valence-corrected chi connectivity index (χ0v) is 9.31. The molecule has 1 N–H and O–H groups in total. The van der Waals surface area contributed by atoms with Crippen molar-refractivity contribution in [3.63, 3.8) is 0 Å². The van der Waals surface area contributed by atoms with E-state index in [-0.39, 0.29) is 0 Å². The zero-order chi connectivity index (χ0) is 11.0. The lowest BCUT2D eigenvalue weighted by Gasteiger charge is -2.13. The first-order chi connectivity index (χ1) is 7.83. The van der Waals surface area contributed by atoms with Gasteiger partial charge in [-0.05, 0) is 32.1 Å². The summed E-state index contributed by atoms with van der Waals surface area (Å²) in [5.74, 6) is 0.937. The van der Waals surface area contributed by atoms with E-state index in [1.165, 1.54) is 6.42 Å². The van der Waals surface area contributed by atoms with Crippen LogP contribution in [0.2, 0.25) is 0 Å². The standard InChI is InChI=1S/C12H15N3O/c1-15-6-3-9(8-15)14-12-10-4-7-16-11(10)2-5-13-12/h2,4-5,7,9H,3,6,8H2,1H3,(H,13,14). The molecular weight excluding hydrogens is 202 g/mol. The summed E-state index contributed by atoms with van der Waals surface area (Å²) in [7, 11) is 2.15. The predicted molar refractivity (Wildman–Crippen MR) is 63.5 cm³/mol. The molecule has 16 heavy (non-hydrogen) atoms. The molecule has 0 radical (unpaired) electrons. The Balaban J connectivity index is 1.86. The van der Waals surface area contributed by atoms with E-state index in [0.29, 0.717) is 6.04 Å². The molecule has 0 bridgehead atoms. The first kappa shape index (κ1) is 9.66. The number of aromatic nitrogens is 1. The van der Waals surface area contributed by atoms with E-state index < -0.39 is 0 Å². The number of furan rings is 1. The Hall–Kier alpha value is -1.55. The summed E-state index contributed by atoms with van der Waals surface area (Å²) >= 11 is 0. The second kappa shape index (κ2) is 3.79. The van der Waals surface area contributed by atoms with E-state index in [1.807, 2.05) is 12.1 Å². The van der Waals surface area contributed by atoms with Gasteiger partial charge in [-0.15, -0.1) is 0 Å². The van der Waals surface area contributed by atoms with Crippen LogP contribution in [0.4, 0.5) is 5.82 Å². The predicted octanol–water partition coefficient (Wildman–Crippen LogP) is 1.94. The maximum absolute atomic E-state index is 5.35. The van der Waals surface area contributed by atoms with Crippen molar-refractivity contribution in [2.75, 3.05) is 25.5 Å². The first-order valence-corrected chi connectivity index (χ1v) is 5.60. The molecule has 3 rings (SSSR count). The van der Waals surface area contributed by atoms with Crippen molar-refractivity contribution in [3.8, 4) is 0 Å².